The van der Waals surface area contributed by atoms with Gasteiger partial charge in [-0.25, -0.2) is 0 Å². The summed E-state index contributed by atoms with van der Waals surface area (Å²) in [6, 6.07) is 12.7. The number of aryl methyl sites for hydroxylation is 1. The number of aromatic nitrogens is 2. The van der Waals surface area contributed by atoms with Gasteiger partial charge in [-0.1, -0.05) is 31.5 Å². The smallest absolute Gasteiger partial charge is 0.318 e. The van der Waals surface area contributed by atoms with E-state index in [-0.39, 0.29) is 5.54 Å². The maximum atomic E-state index is 10.7. The van der Waals surface area contributed by atoms with E-state index in [0.717, 1.165) is 67.0 Å². The van der Waals surface area contributed by atoms with Gasteiger partial charge in [0.15, 0.2) is 0 Å². The van der Waals surface area contributed by atoms with E-state index >= 15 is 0 Å². The number of phenolic OH excluding ortho intramolecular Hbond substituents is 1. The molecule has 5 aliphatic heterocycles. The number of hydrogen-bond donors (Lipinski definition) is 2. The van der Waals surface area contributed by atoms with Crippen molar-refractivity contribution < 1.29 is 9.84 Å². The van der Waals surface area contributed by atoms with Crippen LogP contribution in [0.5, 0.6) is 11.8 Å². The third-order valence-corrected chi connectivity index (χ3v) is 12.1. The summed E-state index contributed by atoms with van der Waals surface area (Å²) in [6.07, 6.45) is 12.2. The Balaban J connectivity index is 1.07. The van der Waals surface area contributed by atoms with Crippen molar-refractivity contribution in [1.82, 2.24) is 20.2 Å². The minimum absolute atomic E-state index is 0.159. The normalized spacial score (nSPS) is 31.0. The first-order valence-electron chi connectivity index (χ1n) is 17.4. The van der Waals surface area contributed by atoms with Crippen LogP contribution in [0, 0.1) is 5.92 Å². The monoisotopic (exact) mass is 594 g/mol. The minimum atomic E-state index is 0.159. The van der Waals surface area contributed by atoms with Crippen molar-refractivity contribution in [2.24, 2.45) is 5.92 Å². The quantitative estimate of drug-likeness (QED) is 0.404. The molecule has 0 amide bonds. The number of phenols is 1. The lowest BCUT2D eigenvalue weighted by Crippen LogP contribution is -2.52. The molecule has 2 bridgehead atoms. The van der Waals surface area contributed by atoms with Crippen LogP contribution >= 0.6 is 0 Å². The fraction of sp³-hybridized carbons (Fsp3) is 0.611. The van der Waals surface area contributed by atoms with Gasteiger partial charge in [-0.3, -0.25) is 4.90 Å². The second-order valence-electron chi connectivity index (χ2n) is 14.6. The Labute approximate surface area is 260 Å². The molecule has 2 aromatic carbocycles. The fourth-order valence-corrected chi connectivity index (χ4v) is 10.2. The van der Waals surface area contributed by atoms with Crippen molar-refractivity contribution >= 4 is 22.3 Å². The molecule has 0 radical (unpaired) electrons. The van der Waals surface area contributed by atoms with Crippen LogP contribution in [0.25, 0.3) is 10.8 Å². The second kappa shape index (κ2) is 10.5. The second-order valence-corrected chi connectivity index (χ2v) is 14.6. The van der Waals surface area contributed by atoms with Crippen molar-refractivity contribution in [2.75, 3.05) is 42.6 Å². The van der Waals surface area contributed by atoms with Crippen LogP contribution < -0.4 is 19.9 Å². The lowest BCUT2D eigenvalue weighted by molar-refractivity contribution is 0.0829. The predicted molar refractivity (Wildman–Crippen MR) is 174 cm³/mol. The Morgan fingerprint density at radius 3 is 2.77 bits per heavy atom. The van der Waals surface area contributed by atoms with Gasteiger partial charge in [0.1, 0.15) is 18.2 Å². The van der Waals surface area contributed by atoms with Gasteiger partial charge in [-0.15, -0.1) is 0 Å². The highest BCUT2D eigenvalue weighted by Crippen LogP contribution is 2.51. The van der Waals surface area contributed by atoms with Crippen molar-refractivity contribution in [3.63, 3.8) is 0 Å². The van der Waals surface area contributed by atoms with Crippen LogP contribution in [-0.4, -0.2) is 76.4 Å². The van der Waals surface area contributed by atoms with Crippen LogP contribution in [0.3, 0.4) is 0 Å². The zero-order valence-electron chi connectivity index (χ0n) is 26.1. The molecule has 6 heterocycles. The number of ether oxygens (including phenoxy) is 1. The standard InChI is InChI=1S/C36H46N6O2/c1-2-23-6-3-7-24-16-28(43)17-32(33(23)24)40-15-12-29-30(21-40)38-35(39-34(29)41-19-26-10-11-27(20-41)37-26)44-22-36-13-5-14-42(36)31-9-4-8-25(31)18-36/h3,6-7,16-17,25-27,31,37,43H,2,4-5,8-15,18-22H2,1H3/t25-,26?,27?,31-,36-/m0/s1. The van der Waals surface area contributed by atoms with Gasteiger partial charge in [-0.05, 0) is 87.3 Å². The van der Waals surface area contributed by atoms with Gasteiger partial charge in [0, 0.05) is 60.5 Å². The number of hydrogen-bond acceptors (Lipinski definition) is 8. The average Bonchev–Trinajstić information content (AvgIpc) is 3.80. The molecular formula is C36H46N6O2. The molecule has 9 rings (SSSR count). The van der Waals surface area contributed by atoms with Gasteiger partial charge < -0.3 is 25.0 Å². The van der Waals surface area contributed by atoms with Crippen LogP contribution in [0.15, 0.2) is 30.3 Å². The highest BCUT2D eigenvalue weighted by atomic mass is 16.5. The molecule has 5 fully saturated rings. The highest BCUT2D eigenvalue weighted by molar-refractivity contribution is 5.98. The number of nitrogens with one attached hydrogen (secondary N) is 1. The molecule has 44 heavy (non-hydrogen) atoms. The molecule has 4 saturated heterocycles. The first-order chi connectivity index (χ1) is 21.6. The lowest BCUT2D eigenvalue weighted by atomic mass is 9.90. The molecule has 0 spiro atoms. The zero-order valence-corrected chi connectivity index (χ0v) is 26.1. The molecule has 2 unspecified atom stereocenters. The fourth-order valence-electron chi connectivity index (χ4n) is 10.2. The molecule has 8 heteroatoms. The first-order valence-corrected chi connectivity index (χ1v) is 17.4. The van der Waals surface area contributed by atoms with Gasteiger partial charge in [0.2, 0.25) is 0 Å². The molecular weight excluding hydrogens is 548 g/mol. The molecule has 1 aliphatic carbocycles. The molecule has 1 saturated carbocycles. The lowest BCUT2D eigenvalue weighted by Gasteiger charge is -2.38. The number of aromatic hydroxyl groups is 1. The molecule has 3 aromatic rings. The van der Waals surface area contributed by atoms with E-state index in [0.29, 0.717) is 37.0 Å². The number of piperazine rings is 1. The first kappa shape index (κ1) is 27.2. The third kappa shape index (κ3) is 4.38. The number of fused-ring (bicyclic) bond motifs is 7. The Morgan fingerprint density at radius 1 is 1.02 bits per heavy atom. The molecule has 232 valence electrons. The van der Waals surface area contributed by atoms with Crippen molar-refractivity contribution in [3.8, 4) is 11.8 Å². The van der Waals surface area contributed by atoms with E-state index in [1.165, 1.54) is 74.4 Å². The van der Waals surface area contributed by atoms with Crippen LogP contribution in [-0.2, 0) is 19.4 Å². The Morgan fingerprint density at radius 2 is 1.91 bits per heavy atom. The maximum absolute atomic E-state index is 10.7. The predicted octanol–water partition coefficient (Wildman–Crippen LogP) is 5.19. The SMILES string of the molecule is CCc1cccc2cc(O)cc(N3CCc4c(nc(OC[C@@]56CCCN5[C@H]5CCC[C@H]5C6)nc4N4CC5CCC(C4)N5)C3)c12. The van der Waals surface area contributed by atoms with Crippen LogP contribution in [0.2, 0.25) is 0 Å². The minimum Gasteiger partial charge on any atom is -0.508 e. The summed E-state index contributed by atoms with van der Waals surface area (Å²) in [5, 5.41) is 16.9. The van der Waals surface area contributed by atoms with Crippen molar-refractivity contribution in [3.05, 3.63) is 47.2 Å². The molecule has 8 nitrogen and oxygen atoms in total. The number of benzene rings is 2. The number of nitrogens with zero attached hydrogens (tertiary/aromatic N) is 5. The van der Waals surface area contributed by atoms with Crippen molar-refractivity contribution in [2.45, 2.75) is 101 Å². The summed E-state index contributed by atoms with van der Waals surface area (Å²) in [6.45, 7) is 7.70. The van der Waals surface area contributed by atoms with E-state index in [1.54, 1.807) is 0 Å². The third-order valence-electron chi connectivity index (χ3n) is 12.1. The topological polar surface area (TPSA) is 77.0 Å². The molecule has 2 N–H and O–H groups in total. The summed E-state index contributed by atoms with van der Waals surface area (Å²) in [5.74, 6) is 2.26. The molecule has 6 aliphatic rings. The highest BCUT2D eigenvalue weighted by Gasteiger charge is 2.55. The summed E-state index contributed by atoms with van der Waals surface area (Å²) >= 11 is 0. The van der Waals surface area contributed by atoms with Crippen molar-refractivity contribution in [1.29, 1.82) is 0 Å². The van der Waals surface area contributed by atoms with Gasteiger partial charge in [0.25, 0.3) is 0 Å². The average molecular weight is 595 g/mol. The van der Waals surface area contributed by atoms with E-state index < -0.39 is 0 Å². The van der Waals surface area contributed by atoms with Crippen LogP contribution in [0.1, 0.15) is 75.1 Å². The van der Waals surface area contributed by atoms with Crippen LogP contribution in [0.4, 0.5) is 11.5 Å². The molecule has 5 atom stereocenters. The van der Waals surface area contributed by atoms with Gasteiger partial charge in [0.05, 0.1) is 17.8 Å². The Kier molecular flexibility index (Phi) is 6.49. The largest absolute Gasteiger partial charge is 0.508 e. The zero-order chi connectivity index (χ0) is 29.4. The number of rotatable bonds is 6. The maximum Gasteiger partial charge on any atom is 0.318 e. The Bertz CT molecular complexity index is 1580. The number of anilines is 2. The summed E-state index contributed by atoms with van der Waals surface area (Å²) in [5.41, 5.74) is 4.94. The van der Waals surface area contributed by atoms with E-state index in [4.69, 9.17) is 14.7 Å². The summed E-state index contributed by atoms with van der Waals surface area (Å²) in [7, 11) is 0. The van der Waals surface area contributed by atoms with E-state index in [1.807, 2.05) is 12.1 Å². The van der Waals surface area contributed by atoms with E-state index in [9.17, 15) is 5.11 Å². The van der Waals surface area contributed by atoms with E-state index in [2.05, 4.69) is 45.1 Å². The van der Waals surface area contributed by atoms with Gasteiger partial charge in [-0.2, -0.15) is 9.97 Å². The summed E-state index contributed by atoms with van der Waals surface area (Å²) < 4.78 is 6.73. The Hall–Kier alpha value is -3.10. The molecule has 1 aromatic heterocycles. The van der Waals surface area contributed by atoms with Gasteiger partial charge >= 0.3 is 6.01 Å². The summed E-state index contributed by atoms with van der Waals surface area (Å²) in [4.78, 5) is 18.2.